The summed E-state index contributed by atoms with van der Waals surface area (Å²) in [5.74, 6) is -2.80. The highest BCUT2D eigenvalue weighted by atomic mass is 16.4. The zero-order valence-corrected chi connectivity index (χ0v) is 14.9. The number of carboxylic acids is 1. The molecule has 0 saturated carbocycles. The van der Waals surface area contributed by atoms with E-state index in [-0.39, 0.29) is 17.4 Å². The maximum Gasteiger partial charge on any atom is 0.331 e. The lowest BCUT2D eigenvalue weighted by atomic mass is 9.89. The van der Waals surface area contributed by atoms with Gasteiger partial charge in [0.25, 0.3) is 0 Å². The van der Waals surface area contributed by atoms with Gasteiger partial charge in [0.15, 0.2) is 0 Å². The van der Waals surface area contributed by atoms with Gasteiger partial charge in [0, 0.05) is 19.0 Å². The molecule has 0 aliphatic heterocycles. The van der Waals surface area contributed by atoms with Crippen LogP contribution in [0.15, 0.2) is 42.5 Å². The van der Waals surface area contributed by atoms with Crippen LogP contribution in [-0.4, -0.2) is 36.0 Å². The van der Waals surface area contributed by atoms with Crippen molar-refractivity contribution in [2.75, 3.05) is 7.05 Å². The number of carboxylic acid groups (broad SMARTS) is 1. The third-order valence-corrected chi connectivity index (χ3v) is 3.88. The van der Waals surface area contributed by atoms with Crippen molar-refractivity contribution in [1.29, 1.82) is 0 Å². The fourth-order valence-electron chi connectivity index (χ4n) is 2.53. The fraction of sp³-hybridized carbons (Fsp3) is 0.421. The van der Waals surface area contributed by atoms with Gasteiger partial charge in [-0.25, -0.2) is 4.79 Å². The van der Waals surface area contributed by atoms with Crippen molar-refractivity contribution in [2.24, 2.45) is 11.8 Å². The van der Waals surface area contributed by atoms with Gasteiger partial charge in [-0.2, -0.15) is 0 Å². The zero-order valence-electron chi connectivity index (χ0n) is 14.9. The number of hydrogen-bond donors (Lipinski definition) is 3. The van der Waals surface area contributed by atoms with E-state index < -0.39 is 23.8 Å². The number of likely N-dealkylation sites (N-methyl/N-ethyl adjacent to an activating group) is 1. The van der Waals surface area contributed by atoms with Crippen LogP contribution in [0.1, 0.15) is 25.8 Å². The molecule has 0 aliphatic rings. The maximum absolute atomic E-state index is 12.6. The number of benzene rings is 1. The highest BCUT2D eigenvalue weighted by molar-refractivity contribution is 5.97. The van der Waals surface area contributed by atoms with Crippen molar-refractivity contribution in [3.8, 4) is 0 Å². The number of aliphatic carboxylic acids is 1. The molecular weight excluding hydrogens is 320 g/mol. The molecule has 1 aromatic carbocycles. The van der Waals surface area contributed by atoms with E-state index in [9.17, 15) is 19.5 Å². The Morgan fingerprint density at radius 2 is 1.72 bits per heavy atom. The minimum absolute atomic E-state index is 0.111. The van der Waals surface area contributed by atoms with E-state index in [2.05, 4.69) is 17.2 Å². The Labute approximate surface area is 148 Å². The van der Waals surface area contributed by atoms with Gasteiger partial charge in [-0.3, -0.25) is 9.59 Å². The summed E-state index contributed by atoms with van der Waals surface area (Å²) in [6.07, 6.45) is 0.670. The summed E-state index contributed by atoms with van der Waals surface area (Å²) in [6.45, 7) is 7.32. The second-order valence-corrected chi connectivity index (χ2v) is 6.38. The molecule has 0 aromatic heterocycles. The summed E-state index contributed by atoms with van der Waals surface area (Å²) >= 11 is 0. The van der Waals surface area contributed by atoms with Crippen LogP contribution in [0.4, 0.5) is 0 Å². The maximum atomic E-state index is 12.6. The van der Waals surface area contributed by atoms with Crippen molar-refractivity contribution in [3.05, 3.63) is 48.0 Å². The molecule has 0 heterocycles. The molecule has 0 unspecified atom stereocenters. The van der Waals surface area contributed by atoms with Gasteiger partial charge in [0.1, 0.15) is 6.04 Å². The van der Waals surface area contributed by atoms with Crippen LogP contribution in [0.2, 0.25) is 0 Å². The summed E-state index contributed by atoms with van der Waals surface area (Å²) in [5, 5.41) is 14.4. The van der Waals surface area contributed by atoms with E-state index in [1.165, 1.54) is 7.05 Å². The van der Waals surface area contributed by atoms with E-state index in [1.54, 1.807) is 0 Å². The highest BCUT2D eigenvalue weighted by Crippen LogP contribution is 2.20. The van der Waals surface area contributed by atoms with Crippen LogP contribution in [0.25, 0.3) is 0 Å². The normalized spacial score (nSPS) is 13.0. The molecule has 136 valence electrons. The third kappa shape index (κ3) is 6.41. The Morgan fingerprint density at radius 1 is 1.12 bits per heavy atom. The van der Waals surface area contributed by atoms with Crippen molar-refractivity contribution in [1.82, 2.24) is 10.6 Å². The van der Waals surface area contributed by atoms with Crippen molar-refractivity contribution >= 4 is 17.8 Å². The highest BCUT2D eigenvalue weighted by Gasteiger charge is 2.30. The van der Waals surface area contributed by atoms with E-state index >= 15 is 0 Å². The van der Waals surface area contributed by atoms with E-state index in [4.69, 9.17) is 0 Å². The largest absolute Gasteiger partial charge is 0.478 e. The number of hydrogen-bond acceptors (Lipinski definition) is 3. The lowest BCUT2D eigenvalue weighted by molar-refractivity contribution is -0.136. The summed E-state index contributed by atoms with van der Waals surface area (Å²) in [6, 6.07) is 8.52. The van der Waals surface area contributed by atoms with Crippen molar-refractivity contribution in [3.63, 3.8) is 0 Å². The first-order valence-electron chi connectivity index (χ1n) is 8.24. The van der Waals surface area contributed by atoms with Gasteiger partial charge in [-0.05, 0) is 17.9 Å². The number of carbonyl (C=O) groups excluding carboxylic acids is 2. The Balaban J connectivity index is 2.95. The molecule has 0 radical (unpaired) electrons. The molecule has 2 amide bonds. The number of carbonyl (C=O) groups is 3. The molecule has 0 aliphatic carbocycles. The average Bonchev–Trinajstić information content (AvgIpc) is 2.58. The Bertz CT molecular complexity index is 626. The van der Waals surface area contributed by atoms with Crippen molar-refractivity contribution < 1.29 is 19.5 Å². The lowest BCUT2D eigenvalue weighted by Crippen LogP contribution is -2.49. The number of amides is 2. The molecule has 0 spiro atoms. The molecule has 0 bridgehead atoms. The molecule has 25 heavy (non-hydrogen) atoms. The molecule has 0 fully saturated rings. The van der Waals surface area contributed by atoms with Crippen LogP contribution >= 0.6 is 0 Å². The van der Waals surface area contributed by atoms with Gasteiger partial charge in [-0.15, -0.1) is 0 Å². The molecule has 0 saturated heterocycles. The summed E-state index contributed by atoms with van der Waals surface area (Å²) in [7, 11) is 1.49. The molecule has 3 N–H and O–H groups in total. The zero-order chi connectivity index (χ0) is 19.0. The second kappa shape index (κ2) is 9.61. The first kappa shape index (κ1) is 20.4. The molecule has 6 heteroatoms. The monoisotopic (exact) mass is 346 g/mol. The first-order chi connectivity index (χ1) is 11.8. The van der Waals surface area contributed by atoms with Crippen LogP contribution in [0.5, 0.6) is 0 Å². The van der Waals surface area contributed by atoms with Crippen LogP contribution in [0.3, 0.4) is 0 Å². The SMILES string of the molecule is C=C(C(=O)O)[C@@H](CC(C)C)C(=O)N[C@@H](Cc1ccccc1)C(=O)NC. The fourth-order valence-corrected chi connectivity index (χ4v) is 2.53. The summed E-state index contributed by atoms with van der Waals surface area (Å²) in [5.41, 5.74) is 0.732. The second-order valence-electron chi connectivity index (χ2n) is 6.38. The summed E-state index contributed by atoms with van der Waals surface area (Å²) < 4.78 is 0. The third-order valence-electron chi connectivity index (χ3n) is 3.88. The molecule has 1 rings (SSSR count). The number of nitrogens with one attached hydrogen (secondary N) is 2. The lowest BCUT2D eigenvalue weighted by Gasteiger charge is -2.23. The topological polar surface area (TPSA) is 95.5 Å². The average molecular weight is 346 g/mol. The smallest absolute Gasteiger partial charge is 0.331 e. The Kier molecular flexibility index (Phi) is 7.85. The minimum Gasteiger partial charge on any atom is -0.478 e. The van der Waals surface area contributed by atoms with Gasteiger partial charge >= 0.3 is 5.97 Å². The molecular formula is C19H26N2O4. The Hall–Kier alpha value is -2.63. The van der Waals surface area contributed by atoms with Gasteiger partial charge in [0.2, 0.25) is 11.8 Å². The molecule has 1 aromatic rings. The Morgan fingerprint density at radius 3 is 2.20 bits per heavy atom. The van der Waals surface area contributed by atoms with Gasteiger partial charge in [0.05, 0.1) is 5.92 Å². The van der Waals surface area contributed by atoms with E-state index in [0.29, 0.717) is 12.8 Å². The predicted octanol–water partition coefficient (Wildman–Crippen LogP) is 1.76. The van der Waals surface area contributed by atoms with E-state index in [0.717, 1.165) is 5.56 Å². The van der Waals surface area contributed by atoms with Crippen LogP contribution in [0, 0.1) is 11.8 Å². The van der Waals surface area contributed by atoms with Gasteiger partial charge in [-0.1, -0.05) is 50.8 Å². The van der Waals surface area contributed by atoms with Crippen molar-refractivity contribution in [2.45, 2.75) is 32.7 Å². The summed E-state index contributed by atoms with van der Waals surface area (Å²) in [4.78, 5) is 36.0. The number of rotatable bonds is 9. The quantitative estimate of drug-likeness (QED) is 0.594. The molecule has 2 atom stereocenters. The molecule has 6 nitrogen and oxygen atoms in total. The van der Waals surface area contributed by atoms with Gasteiger partial charge < -0.3 is 15.7 Å². The van der Waals surface area contributed by atoms with E-state index in [1.807, 2.05) is 44.2 Å². The van der Waals surface area contributed by atoms with Crippen LogP contribution in [-0.2, 0) is 20.8 Å². The van der Waals surface area contributed by atoms with Crippen LogP contribution < -0.4 is 10.6 Å². The standard InChI is InChI=1S/C19H26N2O4/c1-12(2)10-15(13(3)19(24)25)17(22)21-16(18(23)20-4)11-14-8-6-5-7-9-14/h5-9,12,15-16H,3,10-11H2,1-2,4H3,(H,20,23)(H,21,22)(H,24,25)/t15-,16+/m1/s1. The minimum atomic E-state index is -1.21. The predicted molar refractivity (Wildman–Crippen MR) is 95.9 cm³/mol. The first-order valence-corrected chi connectivity index (χ1v) is 8.24.